The van der Waals surface area contributed by atoms with Crippen LogP contribution in [-0.4, -0.2) is 21.5 Å². The number of carbonyl (C=O) groups is 1. The molecule has 0 bridgehead atoms. The standard InChI is InChI=1S/C19H21N3O3/c1-12(9-10-14-7-5-4-6-8-14)21-17(23)15-13(2)25-18-16(15)19(24)22(3)11-20-18/h4-8,11-12H,9-10H2,1-3H3,(H,21,23). The van der Waals surface area contributed by atoms with Crippen LogP contribution in [0.3, 0.4) is 0 Å². The van der Waals surface area contributed by atoms with Gasteiger partial charge in [-0.05, 0) is 32.3 Å². The molecule has 3 rings (SSSR count). The predicted octanol–water partition coefficient (Wildman–Crippen LogP) is 2.59. The number of aryl methyl sites for hydroxylation is 3. The first-order chi connectivity index (χ1) is 12.0. The average Bonchev–Trinajstić information content (AvgIpc) is 2.94. The normalized spacial score (nSPS) is 12.3. The van der Waals surface area contributed by atoms with Gasteiger partial charge in [0.2, 0.25) is 5.71 Å². The van der Waals surface area contributed by atoms with Crippen molar-refractivity contribution < 1.29 is 9.21 Å². The summed E-state index contributed by atoms with van der Waals surface area (Å²) in [6.45, 7) is 3.62. The molecule has 0 fully saturated rings. The second kappa shape index (κ2) is 6.93. The Balaban J connectivity index is 1.77. The van der Waals surface area contributed by atoms with Crippen molar-refractivity contribution in [2.24, 2.45) is 7.05 Å². The van der Waals surface area contributed by atoms with Gasteiger partial charge in [0, 0.05) is 13.1 Å². The molecule has 130 valence electrons. The molecule has 1 unspecified atom stereocenters. The zero-order valence-electron chi connectivity index (χ0n) is 14.6. The van der Waals surface area contributed by atoms with E-state index in [1.54, 1.807) is 14.0 Å². The van der Waals surface area contributed by atoms with E-state index in [4.69, 9.17) is 4.42 Å². The lowest BCUT2D eigenvalue weighted by Crippen LogP contribution is -2.34. The molecule has 0 aliphatic carbocycles. The second-order valence-electron chi connectivity index (χ2n) is 6.27. The van der Waals surface area contributed by atoms with Gasteiger partial charge in [-0.15, -0.1) is 0 Å². The molecular weight excluding hydrogens is 318 g/mol. The monoisotopic (exact) mass is 339 g/mol. The fourth-order valence-electron chi connectivity index (χ4n) is 2.86. The summed E-state index contributed by atoms with van der Waals surface area (Å²) in [5, 5.41) is 3.19. The quantitative estimate of drug-likeness (QED) is 0.775. The molecule has 0 aliphatic heterocycles. The molecule has 2 aromatic heterocycles. The molecule has 1 amide bonds. The van der Waals surface area contributed by atoms with Gasteiger partial charge in [0.05, 0.1) is 5.56 Å². The molecule has 0 saturated carbocycles. The number of furan rings is 1. The molecule has 0 radical (unpaired) electrons. The van der Waals surface area contributed by atoms with Crippen molar-refractivity contribution in [3.05, 3.63) is 63.9 Å². The minimum absolute atomic E-state index is 0.0300. The van der Waals surface area contributed by atoms with Crippen LogP contribution in [0.15, 0.2) is 45.9 Å². The topological polar surface area (TPSA) is 77.1 Å². The lowest BCUT2D eigenvalue weighted by molar-refractivity contribution is 0.0938. The van der Waals surface area contributed by atoms with E-state index in [-0.39, 0.29) is 34.2 Å². The first-order valence-electron chi connectivity index (χ1n) is 8.27. The van der Waals surface area contributed by atoms with Gasteiger partial charge in [0.15, 0.2) is 0 Å². The maximum atomic E-state index is 12.7. The summed E-state index contributed by atoms with van der Waals surface area (Å²) < 4.78 is 6.82. The van der Waals surface area contributed by atoms with Crippen LogP contribution in [0.25, 0.3) is 11.1 Å². The summed E-state index contributed by atoms with van der Waals surface area (Å²) in [6, 6.07) is 10.1. The molecule has 1 N–H and O–H groups in total. The van der Waals surface area contributed by atoms with E-state index in [0.29, 0.717) is 5.76 Å². The fraction of sp³-hybridized carbons (Fsp3) is 0.316. The summed E-state index contributed by atoms with van der Waals surface area (Å²) in [7, 11) is 1.60. The van der Waals surface area contributed by atoms with Gasteiger partial charge in [-0.2, -0.15) is 0 Å². The zero-order valence-corrected chi connectivity index (χ0v) is 14.6. The number of nitrogens with one attached hydrogen (secondary N) is 1. The fourth-order valence-corrected chi connectivity index (χ4v) is 2.86. The molecule has 2 heterocycles. The summed E-state index contributed by atoms with van der Waals surface area (Å²) in [5.74, 6) is 0.0977. The number of rotatable bonds is 5. The number of nitrogens with zero attached hydrogens (tertiary/aromatic N) is 2. The van der Waals surface area contributed by atoms with Crippen LogP contribution in [0, 0.1) is 6.92 Å². The maximum absolute atomic E-state index is 12.7. The minimum atomic E-state index is -0.304. The van der Waals surface area contributed by atoms with E-state index >= 15 is 0 Å². The van der Waals surface area contributed by atoms with E-state index in [1.165, 1.54) is 16.5 Å². The van der Waals surface area contributed by atoms with Gasteiger partial charge >= 0.3 is 0 Å². The molecule has 6 heteroatoms. The van der Waals surface area contributed by atoms with Crippen molar-refractivity contribution in [1.82, 2.24) is 14.9 Å². The second-order valence-corrected chi connectivity index (χ2v) is 6.27. The molecular formula is C19H21N3O3. The third kappa shape index (κ3) is 3.47. The number of fused-ring (bicyclic) bond motifs is 1. The zero-order chi connectivity index (χ0) is 18.0. The van der Waals surface area contributed by atoms with Gasteiger partial charge in [0.1, 0.15) is 17.5 Å². The first kappa shape index (κ1) is 17.0. The van der Waals surface area contributed by atoms with Crippen LogP contribution in [0.5, 0.6) is 0 Å². The van der Waals surface area contributed by atoms with E-state index in [2.05, 4.69) is 22.4 Å². The van der Waals surface area contributed by atoms with Crippen LogP contribution in [-0.2, 0) is 13.5 Å². The summed E-state index contributed by atoms with van der Waals surface area (Å²) in [4.78, 5) is 29.1. The highest BCUT2D eigenvalue weighted by Gasteiger charge is 2.23. The summed E-state index contributed by atoms with van der Waals surface area (Å²) >= 11 is 0. The lowest BCUT2D eigenvalue weighted by Gasteiger charge is -2.13. The molecule has 0 spiro atoms. The molecule has 6 nitrogen and oxygen atoms in total. The first-order valence-corrected chi connectivity index (χ1v) is 8.27. The van der Waals surface area contributed by atoms with Crippen molar-refractivity contribution in [3.8, 4) is 0 Å². The molecule has 3 aromatic rings. The number of hydrogen-bond donors (Lipinski definition) is 1. The van der Waals surface area contributed by atoms with Crippen LogP contribution in [0.2, 0.25) is 0 Å². The summed E-state index contributed by atoms with van der Waals surface area (Å²) in [5.41, 5.74) is 1.41. The Bertz CT molecular complexity index is 957. The summed E-state index contributed by atoms with van der Waals surface area (Å²) in [6.07, 6.45) is 3.06. The van der Waals surface area contributed by atoms with Crippen molar-refractivity contribution in [3.63, 3.8) is 0 Å². The largest absolute Gasteiger partial charge is 0.442 e. The van der Waals surface area contributed by atoms with Crippen molar-refractivity contribution >= 4 is 17.0 Å². The third-order valence-electron chi connectivity index (χ3n) is 4.26. The SMILES string of the molecule is Cc1oc2ncn(C)c(=O)c2c1C(=O)NC(C)CCc1ccccc1. The number of amides is 1. The third-order valence-corrected chi connectivity index (χ3v) is 4.26. The Labute approximate surface area is 145 Å². The van der Waals surface area contributed by atoms with E-state index in [0.717, 1.165) is 12.8 Å². The van der Waals surface area contributed by atoms with Crippen LogP contribution >= 0.6 is 0 Å². The Hall–Kier alpha value is -2.89. The Morgan fingerprint density at radius 2 is 2.04 bits per heavy atom. The van der Waals surface area contributed by atoms with Crippen molar-refractivity contribution in [2.75, 3.05) is 0 Å². The minimum Gasteiger partial charge on any atom is -0.442 e. The smallest absolute Gasteiger partial charge is 0.265 e. The van der Waals surface area contributed by atoms with Gasteiger partial charge in [-0.3, -0.25) is 9.59 Å². The number of aromatic nitrogens is 2. The Morgan fingerprint density at radius 1 is 1.32 bits per heavy atom. The molecule has 1 atom stereocenters. The highest BCUT2D eigenvalue weighted by atomic mass is 16.3. The number of benzene rings is 1. The van der Waals surface area contributed by atoms with E-state index in [9.17, 15) is 9.59 Å². The van der Waals surface area contributed by atoms with Gasteiger partial charge in [0.25, 0.3) is 11.5 Å². The molecule has 0 saturated heterocycles. The predicted molar refractivity (Wildman–Crippen MR) is 95.7 cm³/mol. The van der Waals surface area contributed by atoms with Crippen LogP contribution in [0.1, 0.15) is 35.0 Å². The van der Waals surface area contributed by atoms with Crippen LogP contribution in [0.4, 0.5) is 0 Å². The van der Waals surface area contributed by atoms with E-state index < -0.39 is 0 Å². The van der Waals surface area contributed by atoms with E-state index in [1.807, 2.05) is 25.1 Å². The number of hydrogen-bond acceptors (Lipinski definition) is 4. The maximum Gasteiger partial charge on any atom is 0.265 e. The average molecular weight is 339 g/mol. The van der Waals surface area contributed by atoms with Gasteiger partial charge in [-0.1, -0.05) is 30.3 Å². The van der Waals surface area contributed by atoms with Gasteiger partial charge < -0.3 is 14.3 Å². The molecule has 1 aromatic carbocycles. The highest BCUT2D eigenvalue weighted by Crippen LogP contribution is 2.20. The van der Waals surface area contributed by atoms with Crippen molar-refractivity contribution in [2.45, 2.75) is 32.7 Å². The van der Waals surface area contributed by atoms with Crippen molar-refractivity contribution in [1.29, 1.82) is 0 Å². The number of carbonyl (C=O) groups excluding carboxylic acids is 1. The highest BCUT2D eigenvalue weighted by molar-refractivity contribution is 6.06. The molecule has 25 heavy (non-hydrogen) atoms. The van der Waals surface area contributed by atoms with Gasteiger partial charge in [-0.25, -0.2) is 4.98 Å². The Morgan fingerprint density at radius 3 is 2.76 bits per heavy atom. The van der Waals surface area contributed by atoms with Crippen LogP contribution < -0.4 is 10.9 Å². The molecule has 0 aliphatic rings. The Kier molecular flexibility index (Phi) is 4.70. The lowest BCUT2D eigenvalue weighted by atomic mass is 10.1.